The van der Waals surface area contributed by atoms with Gasteiger partial charge in [-0.2, -0.15) is 0 Å². The largest absolute Gasteiger partial charge is 0.459 e. The summed E-state index contributed by atoms with van der Waals surface area (Å²) in [6.45, 7) is 2.74. The zero-order chi connectivity index (χ0) is 15.1. The van der Waals surface area contributed by atoms with Gasteiger partial charge in [-0.3, -0.25) is 4.79 Å². The van der Waals surface area contributed by atoms with E-state index in [-0.39, 0.29) is 18.4 Å². The molecule has 0 spiro atoms. The number of carbonyl (C=O) groups is 1. The van der Waals surface area contributed by atoms with Crippen molar-refractivity contribution in [1.82, 2.24) is 5.32 Å². The maximum absolute atomic E-state index is 12.3. The van der Waals surface area contributed by atoms with Crippen molar-refractivity contribution in [2.75, 3.05) is 13.2 Å². The highest BCUT2D eigenvalue weighted by atomic mass is 16.3. The second kappa shape index (κ2) is 7.64. The van der Waals surface area contributed by atoms with E-state index in [0.717, 1.165) is 17.5 Å². The lowest BCUT2D eigenvalue weighted by atomic mass is 10.0. The van der Waals surface area contributed by atoms with Crippen LogP contribution in [0.25, 0.3) is 11.1 Å². The van der Waals surface area contributed by atoms with E-state index in [9.17, 15) is 4.79 Å². The summed E-state index contributed by atoms with van der Waals surface area (Å²) < 4.78 is 5.35. The highest BCUT2D eigenvalue weighted by Gasteiger charge is 2.17. The summed E-state index contributed by atoms with van der Waals surface area (Å²) in [5.41, 5.74) is 1.75. The Morgan fingerprint density at radius 2 is 2.05 bits per heavy atom. The molecule has 1 aromatic carbocycles. The van der Waals surface area contributed by atoms with E-state index < -0.39 is 0 Å². The fourth-order valence-corrected chi connectivity index (χ4v) is 2.28. The first-order valence-corrected chi connectivity index (χ1v) is 7.28. The molecule has 21 heavy (non-hydrogen) atoms. The van der Waals surface area contributed by atoms with Crippen LogP contribution < -0.4 is 5.32 Å². The predicted octanol–water partition coefficient (Wildman–Crippen LogP) is 3.09. The van der Waals surface area contributed by atoms with Crippen LogP contribution in [0.4, 0.5) is 0 Å². The van der Waals surface area contributed by atoms with Gasteiger partial charge in [-0.1, -0.05) is 43.7 Å². The van der Waals surface area contributed by atoms with Gasteiger partial charge in [0.1, 0.15) is 0 Å². The van der Waals surface area contributed by atoms with Crippen molar-refractivity contribution in [2.45, 2.75) is 19.8 Å². The number of hydrogen-bond donors (Lipinski definition) is 2. The number of aliphatic hydroxyl groups is 1. The van der Waals surface area contributed by atoms with E-state index in [1.807, 2.05) is 30.3 Å². The molecular formula is C17H21NO3. The average Bonchev–Trinajstić information content (AvgIpc) is 3.01. The van der Waals surface area contributed by atoms with Gasteiger partial charge in [0.2, 0.25) is 0 Å². The maximum atomic E-state index is 12.3. The molecular weight excluding hydrogens is 266 g/mol. The maximum Gasteiger partial charge on any atom is 0.287 e. The van der Waals surface area contributed by atoms with Crippen molar-refractivity contribution in [1.29, 1.82) is 0 Å². The van der Waals surface area contributed by atoms with E-state index in [0.29, 0.717) is 18.7 Å². The van der Waals surface area contributed by atoms with Crippen LogP contribution in [0.5, 0.6) is 0 Å². The summed E-state index contributed by atoms with van der Waals surface area (Å²) >= 11 is 0. The van der Waals surface area contributed by atoms with Crippen molar-refractivity contribution in [3.63, 3.8) is 0 Å². The molecule has 0 aliphatic carbocycles. The fraction of sp³-hybridized carbons (Fsp3) is 0.353. The lowest BCUT2D eigenvalue weighted by molar-refractivity contribution is 0.0916. The van der Waals surface area contributed by atoms with Crippen molar-refractivity contribution in [2.24, 2.45) is 5.92 Å². The molecule has 1 aromatic heterocycles. The van der Waals surface area contributed by atoms with Gasteiger partial charge in [-0.25, -0.2) is 0 Å². The SMILES string of the molecule is CCC(CCO)CNC(=O)c1occc1-c1ccccc1. The Morgan fingerprint density at radius 1 is 1.29 bits per heavy atom. The minimum Gasteiger partial charge on any atom is -0.459 e. The molecule has 1 amide bonds. The average molecular weight is 287 g/mol. The van der Waals surface area contributed by atoms with Gasteiger partial charge in [-0.15, -0.1) is 0 Å². The van der Waals surface area contributed by atoms with Crippen LogP contribution in [0.3, 0.4) is 0 Å². The Bertz CT molecular complexity index is 562. The number of amides is 1. The minimum absolute atomic E-state index is 0.143. The van der Waals surface area contributed by atoms with Crippen LogP contribution in [0.15, 0.2) is 47.1 Å². The highest BCUT2D eigenvalue weighted by Crippen LogP contribution is 2.24. The molecule has 1 heterocycles. The zero-order valence-corrected chi connectivity index (χ0v) is 12.2. The number of nitrogens with one attached hydrogen (secondary N) is 1. The summed E-state index contributed by atoms with van der Waals surface area (Å²) in [7, 11) is 0. The van der Waals surface area contributed by atoms with Gasteiger partial charge < -0.3 is 14.8 Å². The smallest absolute Gasteiger partial charge is 0.287 e. The second-order valence-corrected chi connectivity index (χ2v) is 5.03. The Morgan fingerprint density at radius 3 is 2.71 bits per heavy atom. The quantitative estimate of drug-likeness (QED) is 0.822. The molecule has 1 atom stereocenters. The number of rotatable bonds is 7. The van der Waals surface area contributed by atoms with Gasteiger partial charge >= 0.3 is 0 Å². The molecule has 4 heteroatoms. The highest BCUT2D eigenvalue weighted by molar-refractivity contribution is 5.98. The topological polar surface area (TPSA) is 62.5 Å². The van der Waals surface area contributed by atoms with Crippen LogP contribution in [-0.4, -0.2) is 24.2 Å². The summed E-state index contributed by atoms with van der Waals surface area (Å²) in [5, 5.41) is 11.9. The van der Waals surface area contributed by atoms with Gasteiger partial charge in [0.15, 0.2) is 5.76 Å². The Hall–Kier alpha value is -2.07. The lowest BCUT2D eigenvalue weighted by Gasteiger charge is -2.14. The molecule has 0 saturated carbocycles. The Kier molecular flexibility index (Phi) is 5.58. The second-order valence-electron chi connectivity index (χ2n) is 5.03. The normalized spacial score (nSPS) is 12.1. The lowest BCUT2D eigenvalue weighted by Crippen LogP contribution is -2.29. The van der Waals surface area contributed by atoms with Crippen LogP contribution >= 0.6 is 0 Å². The van der Waals surface area contributed by atoms with E-state index >= 15 is 0 Å². The number of furan rings is 1. The minimum atomic E-state index is -0.213. The third-order valence-electron chi connectivity index (χ3n) is 3.62. The zero-order valence-electron chi connectivity index (χ0n) is 12.2. The number of carbonyl (C=O) groups excluding carboxylic acids is 1. The Labute approximate surface area is 124 Å². The standard InChI is InChI=1S/C17H21NO3/c1-2-13(8-10-19)12-18-17(20)16-15(9-11-21-16)14-6-4-3-5-7-14/h3-7,9,11,13,19H,2,8,10,12H2,1H3,(H,18,20). The molecule has 0 fully saturated rings. The van der Waals surface area contributed by atoms with Crippen molar-refractivity contribution < 1.29 is 14.3 Å². The van der Waals surface area contributed by atoms with E-state index in [1.54, 1.807) is 6.07 Å². The first-order chi connectivity index (χ1) is 10.3. The number of hydrogen-bond acceptors (Lipinski definition) is 3. The Balaban J connectivity index is 2.06. The molecule has 0 bridgehead atoms. The van der Waals surface area contributed by atoms with Crippen LogP contribution in [0.2, 0.25) is 0 Å². The monoisotopic (exact) mass is 287 g/mol. The summed E-state index contributed by atoms with van der Waals surface area (Å²) in [5.74, 6) is 0.407. The molecule has 2 rings (SSSR count). The van der Waals surface area contributed by atoms with Crippen molar-refractivity contribution in [3.05, 3.63) is 48.4 Å². The van der Waals surface area contributed by atoms with Crippen LogP contribution in [0.1, 0.15) is 30.3 Å². The number of benzene rings is 1. The summed E-state index contributed by atoms with van der Waals surface area (Å²) in [4.78, 5) is 12.3. The van der Waals surface area contributed by atoms with Gasteiger partial charge in [-0.05, 0) is 24.0 Å². The van der Waals surface area contributed by atoms with Crippen LogP contribution in [0, 0.1) is 5.92 Å². The first-order valence-electron chi connectivity index (χ1n) is 7.28. The molecule has 0 aliphatic rings. The van der Waals surface area contributed by atoms with Gasteiger partial charge in [0, 0.05) is 18.7 Å². The summed E-state index contributed by atoms with van der Waals surface area (Å²) in [6, 6.07) is 11.5. The third kappa shape index (κ3) is 3.95. The molecule has 1 unspecified atom stereocenters. The van der Waals surface area contributed by atoms with Crippen molar-refractivity contribution >= 4 is 5.91 Å². The molecule has 4 nitrogen and oxygen atoms in total. The number of aliphatic hydroxyl groups excluding tert-OH is 1. The van der Waals surface area contributed by atoms with Crippen molar-refractivity contribution in [3.8, 4) is 11.1 Å². The van der Waals surface area contributed by atoms with Crippen LogP contribution in [-0.2, 0) is 0 Å². The van der Waals surface area contributed by atoms with Gasteiger partial charge in [0.25, 0.3) is 5.91 Å². The fourth-order valence-electron chi connectivity index (χ4n) is 2.28. The molecule has 2 N–H and O–H groups in total. The molecule has 2 aromatic rings. The first kappa shape index (κ1) is 15.3. The molecule has 0 radical (unpaired) electrons. The molecule has 0 saturated heterocycles. The summed E-state index contributed by atoms with van der Waals surface area (Å²) in [6.07, 6.45) is 3.15. The molecule has 0 aliphatic heterocycles. The van der Waals surface area contributed by atoms with E-state index in [1.165, 1.54) is 6.26 Å². The van der Waals surface area contributed by atoms with Gasteiger partial charge in [0.05, 0.1) is 6.26 Å². The predicted molar refractivity (Wildman–Crippen MR) is 82.0 cm³/mol. The van der Waals surface area contributed by atoms with E-state index in [4.69, 9.17) is 9.52 Å². The third-order valence-corrected chi connectivity index (χ3v) is 3.62. The van der Waals surface area contributed by atoms with E-state index in [2.05, 4.69) is 12.2 Å². The molecule has 112 valence electrons.